The van der Waals surface area contributed by atoms with Crippen LogP contribution in [0.15, 0.2) is 49.6 Å². The SMILES string of the molecule is c1cc(CNc2ccc(-n3cncn3)nc2)ncn1. The highest BCUT2D eigenvalue weighted by atomic mass is 15.3. The van der Waals surface area contributed by atoms with Crippen molar-refractivity contribution >= 4 is 5.69 Å². The average molecular weight is 253 g/mol. The Labute approximate surface area is 109 Å². The number of pyridine rings is 1. The zero-order valence-electron chi connectivity index (χ0n) is 10.0. The fourth-order valence-corrected chi connectivity index (χ4v) is 1.57. The summed E-state index contributed by atoms with van der Waals surface area (Å²) in [6, 6.07) is 5.67. The Kier molecular flexibility index (Phi) is 3.09. The maximum absolute atomic E-state index is 4.30. The lowest BCUT2D eigenvalue weighted by Gasteiger charge is -2.06. The number of nitrogens with zero attached hydrogens (tertiary/aromatic N) is 6. The smallest absolute Gasteiger partial charge is 0.155 e. The van der Waals surface area contributed by atoms with Gasteiger partial charge in [0.1, 0.15) is 19.0 Å². The first-order valence-corrected chi connectivity index (χ1v) is 5.71. The summed E-state index contributed by atoms with van der Waals surface area (Å²) in [6.45, 7) is 0.632. The Morgan fingerprint density at radius 1 is 1.05 bits per heavy atom. The standard InChI is InChI=1S/C12H11N7/c1-2-12(19-9-14-8-18-19)16-6-10(1)15-5-11-3-4-13-7-17-11/h1-4,6-9,15H,5H2. The van der Waals surface area contributed by atoms with Gasteiger partial charge >= 0.3 is 0 Å². The van der Waals surface area contributed by atoms with E-state index in [1.165, 1.54) is 12.7 Å². The fraction of sp³-hybridized carbons (Fsp3) is 0.0833. The van der Waals surface area contributed by atoms with E-state index < -0.39 is 0 Å². The molecular formula is C12H11N7. The van der Waals surface area contributed by atoms with Crippen LogP contribution in [0.5, 0.6) is 0 Å². The van der Waals surface area contributed by atoms with Gasteiger partial charge in [-0.2, -0.15) is 5.10 Å². The van der Waals surface area contributed by atoms with Gasteiger partial charge in [-0.25, -0.2) is 24.6 Å². The third kappa shape index (κ3) is 2.71. The van der Waals surface area contributed by atoms with Gasteiger partial charge in [0, 0.05) is 6.20 Å². The Bertz CT molecular complexity index is 619. The lowest BCUT2D eigenvalue weighted by molar-refractivity contribution is 0.845. The Balaban J connectivity index is 1.67. The van der Waals surface area contributed by atoms with E-state index >= 15 is 0 Å². The molecular weight excluding hydrogens is 242 g/mol. The van der Waals surface area contributed by atoms with Crippen LogP contribution >= 0.6 is 0 Å². The molecule has 3 rings (SSSR count). The number of aromatic nitrogens is 6. The van der Waals surface area contributed by atoms with Gasteiger partial charge in [0.05, 0.1) is 24.1 Å². The summed E-state index contributed by atoms with van der Waals surface area (Å²) in [7, 11) is 0. The van der Waals surface area contributed by atoms with E-state index in [-0.39, 0.29) is 0 Å². The number of anilines is 1. The molecule has 0 atom stereocenters. The molecule has 0 unspecified atom stereocenters. The van der Waals surface area contributed by atoms with Gasteiger partial charge in [-0.1, -0.05) is 0 Å². The Morgan fingerprint density at radius 2 is 2.05 bits per heavy atom. The fourth-order valence-electron chi connectivity index (χ4n) is 1.57. The van der Waals surface area contributed by atoms with Gasteiger partial charge in [-0.15, -0.1) is 0 Å². The predicted molar refractivity (Wildman–Crippen MR) is 68.5 cm³/mol. The van der Waals surface area contributed by atoms with Crippen molar-refractivity contribution in [2.45, 2.75) is 6.54 Å². The second-order valence-electron chi connectivity index (χ2n) is 3.80. The van der Waals surface area contributed by atoms with Gasteiger partial charge in [0.15, 0.2) is 5.82 Å². The van der Waals surface area contributed by atoms with E-state index in [9.17, 15) is 0 Å². The van der Waals surface area contributed by atoms with Gasteiger partial charge in [0.25, 0.3) is 0 Å². The molecule has 0 radical (unpaired) electrons. The van der Waals surface area contributed by atoms with Crippen LogP contribution in [0.1, 0.15) is 5.69 Å². The highest BCUT2D eigenvalue weighted by Crippen LogP contribution is 2.09. The minimum absolute atomic E-state index is 0.632. The van der Waals surface area contributed by atoms with Crippen LogP contribution in [-0.2, 0) is 6.54 Å². The van der Waals surface area contributed by atoms with Gasteiger partial charge in [-0.05, 0) is 18.2 Å². The Hall–Kier alpha value is -2.83. The van der Waals surface area contributed by atoms with Crippen LogP contribution < -0.4 is 5.32 Å². The van der Waals surface area contributed by atoms with Crippen molar-refractivity contribution in [2.75, 3.05) is 5.32 Å². The molecule has 0 aliphatic carbocycles. The lowest BCUT2D eigenvalue weighted by atomic mass is 10.3. The molecule has 7 heteroatoms. The van der Waals surface area contributed by atoms with Crippen LogP contribution in [0.3, 0.4) is 0 Å². The molecule has 19 heavy (non-hydrogen) atoms. The highest BCUT2D eigenvalue weighted by molar-refractivity contribution is 5.43. The van der Waals surface area contributed by atoms with Crippen molar-refractivity contribution in [3.8, 4) is 5.82 Å². The van der Waals surface area contributed by atoms with E-state index in [0.717, 1.165) is 17.2 Å². The normalized spacial score (nSPS) is 10.3. The first kappa shape index (κ1) is 11.3. The van der Waals surface area contributed by atoms with Crippen LogP contribution in [0.2, 0.25) is 0 Å². The van der Waals surface area contributed by atoms with Crippen molar-refractivity contribution < 1.29 is 0 Å². The molecule has 1 N–H and O–H groups in total. The topological polar surface area (TPSA) is 81.4 Å². The molecule has 3 aromatic rings. The highest BCUT2D eigenvalue weighted by Gasteiger charge is 1.99. The monoisotopic (exact) mass is 253 g/mol. The number of rotatable bonds is 4. The van der Waals surface area contributed by atoms with Crippen LogP contribution in [0.25, 0.3) is 5.82 Å². The number of hydrogen-bond acceptors (Lipinski definition) is 6. The predicted octanol–water partition coefficient (Wildman–Crippen LogP) is 1.06. The molecule has 0 saturated heterocycles. The summed E-state index contributed by atoms with van der Waals surface area (Å²) in [6.07, 6.45) is 8.08. The largest absolute Gasteiger partial charge is 0.378 e. The molecule has 7 nitrogen and oxygen atoms in total. The van der Waals surface area contributed by atoms with Gasteiger partial charge in [-0.3, -0.25) is 0 Å². The van der Waals surface area contributed by atoms with Crippen molar-refractivity contribution in [3.05, 3.63) is 55.3 Å². The first-order chi connectivity index (χ1) is 9.42. The maximum atomic E-state index is 4.30. The summed E-state index contributed by atoms with van der Waals surface area (Å²) >= 11 is 0. The molecule has 0 aliphatic rings. The molecule has 0 bridgehead atoms. The number of hydrogen-bond donors (Lipinski definition) is 1. The molecule has 94 valence electrons. The van der Waals surface area contributed by atoms with E-state index in [2.05, 4.69) is 30.4 Å². The van der Waals surface area contributed by atoms with E-state index in [4.69, 9.17) is 0 Å². The molecule has 3 aromatic heterocycles. The molecule has 0 aliphatic heterocycles. The molecule has 3 heterocycles. The minimum Gasteiger partial charge on any atom is -0.378 e. The molecule has 0 aromatic carbocycles. The molecule has 0 amide bonds. The van der Waals surface area contributed by atoms with Crippen molar-refractivity contribution in [1.29, 1.82) is 0 Å². The summed E-state index contributed by atoms with van der Waals surface area (Å²) in [5.74, 6) is 0.727. The Morgan fingerprint density at radius 3 is 2.74 bits per heavy atom. The third-order valence-electron chi connectivity index (χ3n) is 2.52. The average Bonchev–Trinajstić information content (AvgIpc) is 3.01. The summed E-state index contributed by atoms with van der Waals surface area (Å²) < 4.78 is 1.61. The quantitative estimate of drug-likeness (QED) is 0.748. The number of nitrogens with one attached hydrogen (secondary N) is 1. The third-order valence-corrected chi connectivity index (χ3v) is 2.52. The summed E-state index contributed by atoms with van der Waals surface area (Å²) in [5.41, 5.74) is 1.85. The van der Waals surface area contributed by atoms with E-state index in [1.54, 1.807) is 23.4 Å². The first-order valence-electron chi connectivity index (χ1n) is 5.71. The molecule has 0 spiro atoms. The molecule has 0 fully saturated rings. The second kappa shape index (κ2) is 5.21. The van der Waals surface area contributed by atoms with Crippen LogP contribution in [-0.4, -0.2) is 29.7 Å². The van der Waals surface area contributed by atoms with Crippen LogP contribution in [0.4, 0.5) is 5.69 Å². The zero-order valence-corrected chi connectivity index (χ0v) is 10.0. The maximum Gasteiger partial charge on any atom is 0.155 e. The van der Waals surface area contributed by atoms with Gasteiger partial charge < -0.3 is 5.32 Å². The summed E-state index contributed by atoms with van der Waals surface area (Å²) in [5, 5.41) is 7.25. The zero-order chi connectivity index (χ0) is 12.9. The molecule has 0 saturated carbocycles. The lowest BCUT2D eigenvalue weighted by Crippen LogP contribution is -2.03. The summed E-state index contributed by atoms with van der Waals surface area (Å²) in [4.78, 5) is 16.2. The van der Waals surface area contributed by atoms with E-state index in [1.807, 2.05) is 18.2 Å². The van der Waals surface area contributed by atoms with Crippen LogP contribution in [0, 0.1) is 0 Å². The van der Waals surface area contributed by atoms with E-state index in [0.29, 0.717) is 6.54 Å². The van der Waals surface area contributed by atoms with Gasteiger partial charge in [0.2, 0.25) is 0 Å². The van der Waals surface area contributed by atoms with Crippen molar-refractivity contribution in [3.63, 3.8) is 0 Å². The van der Waals surface area contributed by atoms with Crippen molar-refractivity contribution in [2.24, 2.45) is 0 Å². The minimum atomic E-state index is 0.632. The second-order valence-corrected chi connectivity index (χ2v) is 3.80. The van der Waals surface area contributed by atoms with Crippen molar-refractivity contribution in [1.82, 2.24) is 29.7 Å².